The van der Waals surface area contributed by atoms with Gasteiger partial charge in [-0.15, -0.1) is 10.2 Å². The summed E-state index contributed by atoms with van der Waals surface area (Å²) in [6.45, 7) is 2.12. The highest BCUT2D eigenvalue weighted by Crippen LogP contribution is 2.22. The minimum atomic E-state index is -0.182. The average Bonchev–Trinajstić information content (AvgIpc) is 3.10. The minimum Gasteiger partial charge on any atom is -0.416 e. The van der Waals surface area contributed by atoms with Gasteiger partial charge in [0.15, 0.2) is 0 Å². The number of carbonyl (C=O) groups is 1. The van der Waals surface area contributed by atoms with Crippen LogP contribution in [0.5, 0.6) is 0 Å². The fraction of sp³-hybridized carbons (Fsp3) is 0.211. The highest BCUT2D eigenvalue weighted by molar-refractivity contribution is 7.99. The number of amides is 1. The quantitative estimate of drug-likeness (QED) is 0.599. The Morgan fingerprint density at radius 1 is 1.12 bits per heavy atom. The predicted octanol–water partition coefficient (Wildman–Crippen LogP) is 4.61. The van der Waals surface area contributed by atoms with Gasteiger partial charge in [0.05, 0.1) is 22.9 Å². The van der Waals surface area contributed by atoms with Crippen LogP contribution in [0.1, 0.15) is 23.9 Å². The molecule has 7 heteroatoms. The second-order valence-corrected chi connectivity index (χ2v) is 6.96. The highest BCUT2D eigenvalue weighted by Gasteiger charge is 2.11. The summed E-state index contributed by atoms with van der Waals surface area (Å²) in [5.74, 6) is 0.513. The van der Waals surface area contributed by atoms with E-state index in [4.69, 9.17) is 16.0 Å². The van der Waals surface area contributed by atoms with E-state index in [2.05, 4.69) is 46.7 Å². The first kappa shape index (κ1) is 18.5. The summed E-state index contributed by atoms with van der Waals surface area (Å²) in [5.41, 5.74) is 2.99. The molecule has 0 aliphatic carbocycles. The monoisotopic (exact) mass is 387 g/mol. The molecule has 0 aliphatic rings. The molecule has 0 bridgehead atoms. The molecule has 0 atom stereocenters. The number of nitrogens with zero attached hydrogens (tertiary/aromatic N) is 2. The molecule has 3 rings (SSSR count). The number of benzene rings is 2. The topological polar surface area (TPSA) is 68.0 Å². The van der Waals surface area contributed by atoms with Gasteiger partial charge in [-0.05, 0) is 29.7 Å². The number of aryl methyl sites for hydroxylation is 1. The molecule has 26 heavy (non-hydrogen) atoms. The van der Waals surface area contributed by atoms with Crippen LogP contribution in [0.3, 0.4) is 0 Å². The van der Waals surface area contributed by atoms with Gasteiger partial charge in [0.1, 0.15) is 0 Å². The molecule has 1 heterocycles. The van der Waals surface area contributed by atoms with Crippen LogP contribution in [0, 0.1) is 0 Å². The van der Waals surface area contributed by atoms with Crippen molar-refractivity contribution in [3.8, 4) is 0 Å². The molecule has 0 spiro atoms. The van der Waals surface area contributed by atoms with E-state index in [-0.39, 0.29) is 11.7 Å². The number of aromatic nitrogens is 2. The zero-order valence-electron chi connectivity index (χ0n) is 14.2. The smallest absolute Gasteiger partial charge is 0.277 e. The largest absolute Gasteiger partial charge is 0.416 e. The Balaban J connectivity index is 1.51. The number of hydrogen-bond donors (Lipinski definition) is 1. The molecule has 3 aromatic rings. The standard InChI is InChI=1S/C19H18ClN3O2S/c1-2-13-7-9-14(10-8-13)11-18-22-23-19(25-18)26-12-17(24)21-16-6-4-3-5-15(16)20/h3-10H,2,11-12H2,1H3,(H,21,24). The van der Waals surface area contributed by atoms with Gasteiger partial charge in [0.2, 0.25) is 11.8 Å². The van der Waals surface area contributed by atoms with E-state index < -0.39 is 0 Å². The Labute approximate surface area is 161 Å². The Morgan fingerprint density at radius 3 is 2.58 bits per heavy atom. The van der Waals surface area contributed by atoms with E-state index >= 15 is 0 Å². The highest BCUT2D eigenvalue weighted by atomic mass is 35.5. The van der Waals surface area contributed by atoms with Gasteiger partial charge in [-0.1, -0.05) is 66.7 Å². The van der Waals surface area contributed by atoms with Crippen LogP contribution >= 0.6 is 23.4 Å². The molecular formula is C19H18ClN3O2S. The van der Waals surface area contributed by atoms with E-state index in [1.165, 1.54) is 17.3 Å². The van der Waals surface area contributed by atoms with Crippen LogP contribution < -0.4 is 5.32 Å². The number of nitrogens with one attached hydrogen (secondary N) is 1. The number of anilines is 1. The van der Waals surface area contributed by atoms with Gasteiger partial charge in [-0.25, -0.2) is 0 Å². The molecule has 5 nitrogen and oxygen atoms in total. The van der Waals surface area contributed by atoms with Crippen LogP contribution in [-0.2, 0) is 17.6 Å². The zero-order chi connectivity index (χ0) is 18.4. The Kier molecular flexibility index (Phi) is 6.30. The molecular weight excluding hydrogens is 370 g/mol. The van der Waals surface area contributed by atoms with Gasteiger partial charge >= 0.3 is 0 Å². The number of thioether (sulfide) groups is 1. The maximum atomic E-state index is 12.0. The SMILES string of the molecule is CCc1ccc(Cc2nnc(SCC(=O)Nc3ccccc3Cl)o2)cc1. The number of hydrogen-bond acceptors (Lipinski definition) is 5. The molecule has 0 saturated carbocycles. The Morgan fingerprint density at radius 2 is 1.85 bits per heavy atom. The minimum absolute atomic E-state index is 0.165. The summed E-state index contributed by atoms with van der Waals surface area (Å²) >= 11 is 7.22. The lowest BCUT2D eigenvalue weighted by Crippen LogP contribution is -2.14. The third kappa shape index (κ3) is 5.09. The van der Waals surface area contributed by atoms with Crippen molar-refractivity contribution in [3.05, 3.63) is 70.6 Å². The third-order valence-electron chi connectivity index (χ3n) is 3.71. The number of para-hydroxylation sites is 1. The van der Waals surface area contributed by atoms with Crippen molar-refractivity contribution in [3.63, 3.8) is 0 Å². The molecule has 0 radical (unpaired) electrons. The summed E-state index contributed by atoms with van der Waals surface area (Å²) < 4.78 is 5.60. The molecule has 1 aromatic heterocycles. The van der Waals surface area contributed by atoms with Crippen molar-refractivity contribution < 1.29 is 9.21 Å². The van der Waals surface area contributed by atoms with Gasteiger partial charge in [-0.2, -0.15) is 0 Å². The second-order valence-electron chi connectivity index (χ2n) is 5.63. The van der Waals surface area contributed by atoms with E-state index in [9.17, 15) is 4.79 Å². The Bertz CT molecular complexity index is 881. The normalized spacial score (nSPS) is 10.7. The van der Waals surface area contributed by atoms with E-state index in [1.807, 2.05) is 12.1 Å². The fourth-order valence-corrected chi connectivity index (χ4v) is 3.07. The molecule has 2 aromatic carbocycles. The lowest BCUT2D eigenvalue weighted by Gasteiger charge is -2.05. The van der Waals surface area contributed by atoms with Crippen molar-refractivity contribution in [2.24, 2.45) is 0 Å². The number of carbonyl (C=O) groups excluding carboxylic acids is 1. The van der Waals surface area contributed by atoms with Crippen molar-refractivity contribution >= 4 is 35.0 Å². The lowest BCUT2D eigenvalue weighted by molar-refractivity contribution is -0.113. The van der Waals surface area contributed by atoms with E-state index in [1.54, 1.807) is 12.1 Å². The third-order valence-corrected chi connectivity index (χ3v) is 4.86. The molecule has 0 aliphatic heterocycles. The predicted molar refractivity (Wildman–Crippen MR) is 104 cm³/mol. The van der Waals surface area contributed by atoms with Gasteiger partial charge in [0.25, 0.3) is 5.22 Å². The second kappa shape index (κ2) is 8.87. The molecule has 0 fully saturated rings. The molecule has 0 saturated heterocycles. The van der Waals surface area contributed by atoms with Crippen LogP contribution in [0.2, 0.25) is 5.02 Å². The molecule has 134 valence electrons. The summed E-state index contributed by atoms with van der Waals surface area (Å²) in [7, 11) is 0. The van der Waals surface area contributed by atoms with Crippen LogP contribution in [0.4, 0.5) is 5.69 Å². The number of rotatable bonds is 7. The van der Waals surface area contributed by atoms with Gasteiger partial charge in [-0.3, -0.25) is 4.79 Å². The van der Waals surface area contributed by atoms with Crippen LogP contribution in [0.15, 0.2) is 58.2 Å². The fourth-order valence-electron chi connectivity index (χ4n) is 2.31. The summed E-state index contributed by atoms with van der Waals surface area (Å²) in [6.07, 6.45) is 1.58. The first-order chi connectivity index (χ1) is 12.6. The van der Waals surface area contributed by atoms with Crippen molar-refractivity contribution in [1.82, 2.24) is 10.2 Å². The maximum Gasteiger partial charge on any atom is 0.277 e. The zero-order valence-corrected chi connectivity index (χ0v) is 15.8. The molecule has 0 unspecified atom stereocenters. The maximum absolute atomic E-state index is 12.0. The molecule has 1 amide bonds. The van der Waals surface area contributed by atoms with Crippen molar-refractivity contribution in [1.29, 1.82) is 0 Å². The van der Waals surface area contributed by atoms with Crippen molar-refractivity contribution in [2.75, 3.05) is 11.1 Å². The number of halogens is 1. The summed E-state index contributed by atoms with van der Waals surface area (Å²) in [6, 6.07) is 15.4. The van der Waals surface area contributed by atoms with Gasteiger partial charge in [0, 0.05) is 0 Å². The van der Waals surface area contributed by atoms with Crippen LogP contribution in [-0.4, -0.2) is 21.9 Å². The first-order valence-corrected chi connectivity index (χ1v) is 9.57. The average molecular weight is 388 g/mol. The van der Waals surface area contributed by atoms with E-state index in [0.29, 0.717) is 28.2 Å². The van der Waals surface area contributed by atoms with Gasteiger partial charge < -0.3 is 9.73 Å². The summed E-state index contributed by atoms with van der Waals surface area (Å²) in [4.78, 5) is 12.0. The Hall–Kier alpha value is -2.31. The first-order valence-electron chi connectivity index (χ1n) is 8.21. The lowest BCUT2D eigenvalue weighted by atomic mass is 10.1. The van der Waals surface area contributed by atoms with Crippen molar-refractivity contribution in [2.45, 2.75) is 25.0 Å². The van der Waals surface area contributed by atoms with Crippen LogP contribution in [0.25, 0.3) is 0 Å². The molecule has 1 N–H and O–H groups in total. The van der Waals surface area contributed by atoms with E-state index in [0.717, 1.165) is 12.0 Å². The summed E-state index contributed by atoms with van der Waals surface area (Å²) in [5, 5.41) is 11.7.